The average Bonchev–Trinajstić information content (AvgIpc) is 2.54. The lowest BCUT2D eigenvalue weighted by Crippen LogP contribution is -2.03. The SMILES string of the molecule is C=CCn1ccc(C(=O)OCC)c1. The molecule has 0 saturated carbocycles. The van der Waals surface area contributed by atoms with E-state index in [-0.39, 0.29) is 5.97 Å². The second-order valence-corrected chi connectivity index (χ2v) is 2.61. The van der Waals surface area contributed by atoms with Crippen molar-refractivity contribution in [1.82, 2.24) is 4.57 Å². The molecule has 70 valence electrons. The van der Waals surface area contributed by atoms with Crippen LogP contribution in [-0.4, -0.2) is 17.1 Å². The second kappa shape index (κ2) is 4.50. The fraction of sp³-hybridized carbons (Fsp3) is 0.300. The average molecular weight is 179 g/mol. The predicted octanol–water partition coefficient (Wildman–Crippen LogP) is 1.85. The zero-order valence-electron chi connectivity index (χ0n) is 7.69. The molecule has 0 radical (unpaired) electrons. The summed E-state index contributed by atoms with van der Waals surface area (Å²) in [5.74, 6) is -0.273. The first-order valence-electron chi connectivity index (χ1n) is 4.21. The van der Waals surface area contributed by atoms with Crippen LogP contribution in [0, 0.1) is 0 Å². The minimum atomic E-state index is -0.273. The number of esters is 1. The van der Waals surface area contributed by atoms with Gasteiger partial charge in [0, 0.05) is 18.9 Å². The molecule has 0 spiro atoms. The van der Waals surface area contributed by atoms with Gasteiger partial charge in [-0.15, -0.1) is 6.58 Å². The summed E-state index contributed by atoms with van der Waals surface area (Å²) in [7, 11) is 0. The van der Waals surface area contributed by atoms with E-state index in [1.165, 1.54) is 0 Å². The topological polar surface area (TPSA) is 31.2 Å². The van der Waals surface area contributed by atoms with Gasteiger partial charge in [0.2, 0.25) is 0 Å². The van der Waals surface area contributed by atoms with Crippen LogP contribution in [0.4, 0.5) is 0 Å². The van der Waals surface area contributed by atoms with Gasteiger partial charge in [-0.3, -0.25) is 0 Å². The highest BCUT2D eigenvalue weighted by Crippen LogP contribution is 2.03. The highest BCUT2D eigenvalue weighted by molar-refractivity contribution is 5.89. The van der Waals surface area contributed by atoms with Gasteiger partial charge in [0.1, 0.15) is 0 Å². The lowest BCUT2D eigenvalue weighted by Gasteiger charge is -1.97. The van der Waals surface area contributed by atoms with E-state index >= 15 is 0 Å². The van der Waals surface area contributed by atoms with E-state index in [0.717, 1.165) is 0 Å². The number of hydrogen-bond acceptors (Lipinski definition) is 2. The first-order valence-corrected chi connectivity index (χ1v) is 4.21. The normalized spacial score (nSPS) is 9.62. The van der Waals surface area contributed by atoms with Crippen LogP contribution in [0.2, 0.25) is 0 Å². The molecule has 0 atom stereocenters. The molecule has 1 aromatic rings. The maximum absolute atomic E-state index is 11.2. The Morgan fingerprint density at radius 1 is 1.77 bits per heavy atom. The predicted molar refractivity (Wildman–Crippen MR) is 50.6 cm³/mol. The van der Waals surface area contributed by atoms with Crippen molar-refractivity contribution in [2.45, 2.75) is 13.5 Å². The largest absolute Gasteiger partial charge is 0.462 e. The van der Waals surface area contributed by atoms with Crippen LogP contribution in [0.1, 0.15) is 17.3 Å². The van der Waals surface area contributed by atoms with E-state index in [9.17, 15) is 4.79 Å². The zero-order chi connectivity index (χ0) is 9.68. The smallest absolute Gasteiger partial charge is 0.339 e. The van der Waals surface area contributed by atoms with Crippen molar-refractivity contribution in [3.63, 3.8) is 0 Å². The van der Waals surface area contributed by atoms with Crippen LogP contribution >= 0.6 is 0 Å². The Kier molecular flexibility index (Phi) is 3.31. The summed E-state index contributed by atoms with van der Waals surface area (Å²) in [4.78, 5) is 11.2. The highest BCUT2D eigenvalue weighted by atomic mass is 16.5. The van der Waals surface area contributed by atoms with Gasteiger partial charge in [-0.2, -0.15) is 0 Å². The fourth-order valence-corrected chi connectivity index (χ4v) is 1.04. The molecule has 3 nitrogen and oxygen atoms in total. The molecule has 0 aliphatic heterocycles. The quantitative estimate of drug-likeness (QED) is 0.521. The first kappa shape index (κ1) is 9.58. The molecule has 0 unspecified atom stereocenters. The van der Waals surface area contributed by atoms with E-state index in [1.807, 2.05) is 10.8 Å². The molecule has 0 saturated heterocycles. The first-order chi connectivity index (χ1) is 6.27. The van der Waals surface area contributed by atoms with Gasteiger partial charge in [-0.05, 0) is 13.0 Å². The van der Waals surface area contributed by atoms with Gasteiger partial charge in [0.25, 0.3) is 0 Å². The number of ether oxygens (including phenoxy) is 1. The van der Waals surface area contributed by atoms with Crippen LogP contribution in [0.5, 0.6) is 0 Å². The van der Waals surface area contributed by atoms with Gasteiger partial charge in [-0.1, -0.05) is 6.08 Å². The summed E-state index contributed by atoms with van der Waals surface area (Å²) in [6, 6.07) is 1.74. The van der Waals surface area contributed by atoms with E-state index in [4.69, 9.17) is 4.74 Å². The molecular weight excluding hydrogens is 166 g/mol. The third-order valence-electron chi connectivity index (χ3n) is 1.60. The van der Waals surface area contributed by atoms with Gasteiger partial charge >= 0.3 is 5.97 Å². The molecule has 0 aromatic carbocycles. The van der Waals surface area contributed by atoms with Gasteiger partial charge in [0.05, 0.1) is 12.2 Å². The Balaban J connectivity index is 2.67. The summed E-state index contributed by atoms with van der Waals surface area (Å²) in [5.41, 5.74) is 0.587. The minimum absolute atomic E-state index is 0.273. The molecule has 0 fully saturated rings. The van der Waals surface area contributed by atoms with Gasteiger partial charge in [-0.25, -0.2) is 4.79 Å². The third kappa shape index (κ3) is 2.47. The summed E-state index contributed by atoms with van der Waals surface area (Å²) in [6.45, 7) is 6.52. The summed E-state index contributed by atoms with van der Waals surface area (Å²) >= 11 is 0. The number of carbonyl (C=O) groups is 1. The van der Waals surface area contributed by atoms with E-state index in [2.05, 4.69) is 6.58 Å². The summed E-state index contributed by atoms with van der Waals surface area (Å²) < 4.78 is 6.72. The third-order valence-corrected chi connectivity index (χ3v) is 1.60. The van der Waals surface area contributed by atoms with Crippen LogP contribution < -0.4 is 0 Å². The van der Waals surface area contributed by atoms with Crippen LogP contribution in [-0.2, 0) is 11.3 Å². The van der Waals surface area contributed by atoms with Crippen molar-refractivity contribution in [1.29, 1.82) is 0 Å². The number of carbonyl (C=O) groups excluding carboxylic acids is 1. The lowest BCUT2D eigenvalue weighted by molar-refractivity contribution is 0.0526. The van der Waals surface area contributed by atoms with Crippen LogP contribution in [0.25, 0.3) is 0 Å². The molecule has 0 N–H and O–H groups in total. The van der Waals surface area contributed by atoms with E-state index in [1.54, 1.807) is 25.3 Å². The van der Waals surface area contributed by atoms with E-state index in [0.29, 0.717) is 18.7 Å². The van der Waals surface area contributed by atoms with Crippen molar-refractivity contribution in [3.8, 4) is 0 Å². The zero-order valence-corrected chi connectivity index (χ0v) is 7.69. The van der Waals surface area contributed by atoms with Crippen LogP contribution in [0.15, 0.2) is 31.1 Å². The fourth-order valence-electron chi connectivity index (χ4n) is 1.04. The number of allylic oxidation sites excluding steroid dienone is 1. The Hall–Kier alpha value is -1.51. The number of rotatable bonds is 4. The van der Waals surface area contributed by atoms with Crippen molar-refractivity contribution in [3.05, 3.63) is 36.7 Å². The highest BCUT2D eigenvalue weighted by Gasteiger charge is 2.06. The standard InChI is InChI=1S/C10H13NO2/c1-3-6-11-7-5-9(8-11)10(12)13-4-2/h3,5,7-8H,1,4,6H2,2H3. The molecule has 0 aliphatic carbocycles. The van der Waals surface area contributed by atoms with Crippen LogP contribution in [0.3, 0.4) is 0 Å². The molecule has 1 heterocycles. The summed E-state index contributed by atoms with van der Waals surface area (Å²) in [6.07, 6.45) is 5.35. The molecule has 0 aliphatic rings. The number of nitrogens with zero attached hydrogens (tertiary/aromatic N) is 1. The Morgan fingerprint density at radius 3 is 3.15 bits per heavy atom. The molecule has 13 heavy (non-hydrogen) atoms. The monoisotopic (exact) mass is 179 g/mol. The molecule has 0 amide bonds. The number of aromatic nitrogens is 1. The van der Waals surface area contributed by atoms with E-state index < -0.39 is 0 Å². The van der Waals surface area contributed by atoms with Gasteiger partial charge < -0.3 is 9.30 Å². The van der Waals surface area contributed by atoms with Crippen molar-refractivity contribution in [2.24, 2.45) is 0 Å². The lowest BCUT2D eigenvalue weighted by atomic mass is 10.3. The maximum Gasteiger partial charge on any atom is 0.339 e. The van der Waals surface area contributed by atoms with Crippen molar-refractivity contribution < 1.29 is 9.53 Å². The van der Waals surface area contributed by atoms with Crippen molar-refractivity contribution >= 4 is 5.97 Å². The van der Waals surface area contributed by atoms with Gasteiger partial charge in [0.15, 0.2) is 0 Å². The number of hydrogen-bond donors (Lipinski definition) is 0. The Bertz CT molecular complexity index is 302. The molecular formula is C10H13NO2. The molecule has 0 bridgehead atoms. The second-order valence-electron chi connectivity index (χ2n) is 2.61. The molecule has 1 aromatic heterocycles. The Labute approximate surface area is 77.6 Å². The maximum atomic E-state index is 11.2. The minimum Gasteiger partial charge on any atom is -0.462 e. The molecule has 3 heteroatoms. The Morgan fingerprint density at radius 2 is 2.54 bits per heavy atom. The molecule has 1 rings (SSSR count). The summed E-state index contributed by atoms with van der Waals surface area (Å²) in [5, 5.41) is 0. The van der Waals surface area contributed by atoms with Crippen molar-refractivity contribution in [2.75, 3.05) is 6.61 Å².